The molecule has 0 saturated carbocycles. The zero-order valence-corrected chi connectivity index (χ0v) is 12.8. The van der Waals surface area contributed by atoms with Crippen LogP contribution in [0.3, 0.4) is 0 Å². The second-order valence-electron chi connectivity index (χ2n) is 5.69. The topological polar surface area (TPSA) is 76.8 Å². The fraction of sp³-hybridized carbons (Fsp3) is 0.312. The van der Waals surface area contributed by atoms with Gasteiger partial charge in [0.15, 0.2) is 11.5 Å². The van der Waals surface area contributed by atoms with Gasteiger partial charge in [0.05, 0.1) is 6.04 Å². The minimum absolute atomic E-state index is 0.0595. The summed E-state index contributed by atoms with van der Waals surface area (Å²) in [6.45, 7) is 0.696. The van der Waals surface area contributed by atoms with Crippen LogP contribution >= 0.6 is 0 Å². The summed E-state index contributed by atoms with van der Waals surface area (Å²) in [6.07, 6.45) is 6.83. The zero-order chi connectivity index (χ0) is 15.8. The van der Waals surface area contributed by atoms with E-state index in [1.54, 1.807) is 18.7 Å². The van der Waals surface area contributed by atoms with Crippen molar-refractivity contribution in [1.82, 2.24) is 29.6 Å². The predicted octanol–water partition coefficient (Wildman–Crippen LogP) is 1.74. The SMILES string of the molecule is Cn1cnnc1C1CCCN1C(=O)c1nccc2cccnc12. The van der Waals surface area contributed by atoms with Crippen LogP contribution in [0.25, 0.3) is 10.9 Å². The van der Waals surface area contributed by atoms with E-state index in [1.807, 2.05) is 34.7 Å². The van der Waals surface area contributed by atoms with Crippen molar-refractivity contribution >= 4 is 16.8 Å². The Morgan fingerprint density at radius 2 is 2.17 bits per heavy atom. The molecule has 1 aliphatic rings. The minimum atomic E-state index is -0.0974. The van der Waals surface area contributed by atoms with Crippen molar-refractivity contribution in [3.63, 3.8) is 0 Å². The first-order valence-electron chi connectivity index (χ1n) is 7.60. The molecule has 4 rings (SSSR count). The third-order valence-corrected chi connectivity index (χ3v) is 4.28. The van der Waals surface area contributed by atoms with Crippen molar-refractivity contribution in [2.24, 2.45) is 7.05 Å². The number of hydrogen-bond acceptors (Lipinski definition) is 5. The molecule has 1 amide bonds. The molecule has 3 aromatic rings. The Bertz CT molecular complexity index is 868. The summed E-state index contributed by atoms with van der Waals surface area (Å²) in [5, 5.41) is 9.02. The molecule has 1 aliphatic heterocycles. The molecule has 1 unspecified atom stereocenters. The number of fused-ring (bicyclic) bond motifs is 1. The van der Waals surface area contributed by atoms with Crippen LogP contribution < -0.4 is 0 Å². The summed E-state index contributed by atoms with van der Waals surface area (Å²) in [5.74, 6) is 0.712. The summed E-state index contributed by atoms with van der Waals surface area (Å²) in [7, 11) is 1.90. The van der Waals surface area contributed by atoms with Crippen LogP contribution in [0.1, 0.15) is 35.2 Å². The summed E-state index contributed by atoms with van der Waals surface area (Å²) < 4.78 is 1.87. The average molecular weight is 308 g/mol. The van der Waals surface area contributed by atoms with Gasteiger partial charge in [-0.3, -0.25) is 9.78 Å². The number of pyridine rings is 2. The molecular formula is C16H16N6O. The lowest BCUT2D eigenvalue weighted by Gasteiger charge is -2.23. The number of likely N-dealkylation sites (tertiary alicyclic amines) is 1. The Kier molecular flexibility index (Phi) is 3.25. The third kappa shape index (κ3) is 2.25. The second-order valence-corrected chi connectivity index (χ2v) is 5.69. The van der Waals surface area contributed by atoms with Gasteiger partial charge in [-0.05, 0) is 25.0 Å². The van der Waals surface area contributed by atoms with Crippen molar-refractivity contribution in [2.45, 2.75) is 18.9 Å². The largest absolute Gasteiger partial charge is 0.327 e. The summed E-state index contributed by atoms with van der Waals surface area (Å²) in [4.78, 5) is 23.5. The highest BCUT2D eigenvalue weighted by molar-refractivity contribution is 6.03. The van der Waals surface area contributed by atoms with Crippen molar-refractivity contribution < 1.29 is 4.79 Å². The highest BCUT2D eigenvalue weighted by Crippen LogP contribution is 2.32. The highest BCUT2D eigenvalue weighted by Gasteiger charge is 2.34. The maximum absolute atomic E-state index is 13.0. The summed E-state index contributed by atoms with van der Waals surface area (Å²) >= 11 is 0. The molecular weight excluding hydrogens is 292 g/mol. The number of hydrogen-bond donors (Lipinski definition) is 0. The molecule has 1 fully saturated rings. The number of amides is 1. The molecule has 7 nitrogen and oxygen atoms in total. The molecule has 1 atom stereocenters. The van der Waals surface area contributed by atoms with Crippen LogP contribution in [0.15, 0.2) is 36.9 Å². The Labute approximate surface area is 133 Å². The second kappa shape index (κ2) is 5.42. The molecule has 0 spiro atoms. The Morgan fingerprint density at radius 3 is 3.00 bits per heavy atom. The third-order valence-electron chi connectivity index (χ3n) is 4.28. The molecule has 0 N–H and O–H groups in total. The maximum Gasteiger partial charge on any atom is 0.275 e. The van der Waals surface area contributed by atoms with Crippen molar-refractivity contribution in [3.05, 3.63) is 48.4 Å². The van der Waals surface area contributed by atoms with Gasteiger partial charge < -0.3 is 9.47 Å². The van der Waals surface area contributed by atoms with E-state index in [9.17, 15) is 4.79 Å². The van der Waals surface area contributed by atoms with Crippen LogP contribution in [0.4, 0.5) is 0 Å². The van der Waals surface area contributed by atoms with Gasteiger partial charge >= 0.3 is 0 Å². The molecule has 0 aliphatic carbocycles. The quantitative estimate of drug-likeness (QED) is 0.720. The smallest absolute Gasteiger partial charge is 0.275 e. The zero-order valence-electron chi connectivity index (χ0n) is 12.8. The molecule has 0 aromatic carbocycles. The lowest BCUT2D eigenvalue weighted by Crippen LogP contribution is -2.32. The van der Waals surface area contributed by atoms with Crippen molar-refractivity contribution in [2.75, 3.05) is 6.54 Å². The van der Waals surface area contributed by atoms with Gasteiger partial charge in [-0.25, -0.2) is 4.98 Å². The average Bonchev–Trinajstić information content (AvgIpc) is 3.22. The molecule has 7 heteroatoms. The molecule has 1 saturated heterocycles. The molecule has 0 radical (unpaired) electrons. The van der Waals surface area contributed by atoms with Gasteiger partial charge in [0, 0.05) is 31.4 Å². The number of carbonyl (C=O) groups is 1. The molecule has 4 heterocycles. The van der Waals surface area contributed by atoms with Crippen LogP contribution in [0, 0.1) is 0 Å². The van der Waals surface area contributed by atoms with Crippen LogP contribution in [0.5, 0.6) is 0 Å². The summed E-state index contributed by atoms with van der Waals surface area (Å²) in [5.41, 5.74) is 1.04. The number of aromatic nitrogens is 5. The fourth-order valence-corrected chi connectivity index (χ4v) is 3.17. The lowest BCUT2D eigenvalue weighted by molar-refractivity contribution is 0.0724. The predicted molar refractivity (Wildman–Crippen MR) is 83.6 cm³/mol. The number of carbonyl (C=O) groups excluding carboxylic acids is 1. The first-order chi connectivity index (χ1) is 11.3. The molecule has 23 heavy (non-hydrogen) atoms. The number of rotatable bonds is 2. The van der Waals surface area contributed by atoms with Crippen molar-refractivity contribution in [1.29, 1.82) is 0 Å². The first-order valence-corrected chi connectivity index (χ1v) is 7.60. The van der Waals surface area contributed by atoms with E-state index in [4.69, 9.17) is 0 Å². The normalized spacial score (nSPS) is 17.8. The van der Waals surface area contributed by atoms with Gasteiger partial charge in [0.25, 0.3) is 5.91 Å². The van der Waals surface area contributed by atoms with E-state index in [-0.39, 0.29) is 11.9 Å². The van der Waals surface area contributed by atoms with Gasteiger partial charge in [-0.2, -0.15) is 0 Å². The van der Waals surface area contributed by atoms with Crippen molar-refractivity contribution in [3.8, 4) is 0 Å². The van der Waals surface area contributed by atoms with Gasteiger partial charge in [0.1, 0.15) is 11.8 Å². The first kappa shape index (κ1) is 13.8. The van der Waals surface area contributed by atoms with E-state index >= 15 is 0 Å². The minimum Gasteiger partial charge on any atom is -0.327 e. The standard InChI is InChI=1S/C16H16N6O/c1-21-10-19-20-15(21)12-5-3-9-22(12)16(23)14-13-11(6-8-18-14)4-2-7-17-13/h2,4,6-8,10,12H,3,5,9H2,1H3. The van der Waals surface area contributed by atoms with E-state index in [2.05, 4.69) is 20.2 Å². The number of aryl methyl sites for hydroxylation is 1. The monoisotopic (exact) mass is 308 g/mol. The van der Waals surface area contributed by atoms with Crippen LogP contribution in [0.2, 0.25) is 0 Å². The van der Waals surface area contributed by atoms with Gasteiger partial charge in [-0.1, -0.05) is 6.07 Å². The summed E-state index contributed by atoms with van der Waals surface area (Å²) in [6, 6.07) is 5.60. The van der Waals surface area contributed by atoms with E-state index in [1.165, 1.54) is 0 Å². The van der Waals surface area contributed by atoms with E-state index in [0.29, 0.717) is 17.8 Å². The Morgan fingerprint density at radius 1 is 1.26 bits per heavy atom. The van der Waals surface area contributed by atoms with Crippen LogP contribution in [-0.4, -0.2) is 42.1 Å². The van der Waals surface area contributed by atoms with E-state index < -0.39 is 0 Å². The molecule has 0 bridgehead atoms. The number of nitrogens with zero attached hydrogens (tertiary/aromatic N) is 6. The fourth-order valence-electron chi connectivity index (χ4n) is 3.17. The van der Waals surface area contributed by atoms with Gasteiger partial charge in [0.2, 0.25) is 0 Å². The Balaban J connectivity index is 1.74. The Hall–Kier alpha value is -2.83. The molecule has 116 valence electrons. The maximum atomic E-state index is 13.0. The van der Waals surface area contributed by atoms with E-state index in [0.717, 1.165) is 24.1 Å². The highest BCUT2D eigenvalue weighted by atomic mass is 16.2. The van der Waals surface area contributed by atoms with Crippen LogP contribution in [-0.2, 0) is 7.05 Å². The van der Waals surface area contributed by atoms with Gasteiger partial charge in [-0.15, -0.1) is 10.2 Å². The molecule has 3 aromatic heterocycles. The lowest BCUT2D eigenvalue weighted by atomic mass is 10.1.